The Hall–Kier alpha value is -2.30. The molecule has 2 N–H and O–H groups in total. The molecule has 1 heterocycles. The zero-order valence-electron chi connectivity index (χ0n) is 12.9. The number of methoxy groups -OCH3 is 1. The van der Waals surface area contributed by atoms with E-state index in [4.69, 9.17) is 10.5 Å². The van der Waals surface area contributed by atoms with Crippen LogP contribution in [-0.4, -0.2) is 23.2 Å². The molecule has 0 unspecified atom stereocenters. The normalized spacial score (nSPS) is 10.7. The Balaban J connectivity index is 2.69. The summed E-state index contributed by atoms with van der Waals surface area (Å²) < 4.78 is 7.11. The van der Waals surface area contributed by atoms with Gasteiger partial charge in [-0.25, -0.2) is 4.68 Å². The van der Waals surface area contributed by atoms with E-state index in [-0.39, 0.29) is 0 Å². The highest BCUT2D eigenvalue weighted by molar-refractivity contribution is 5.93. The number of anilines is 1. The van der Waals surface area contributed by atoms with E-state index in [0.29, 0.717) is 29.4 Å². The van der Waals surface area contributed by atoms with Crippen LogP contribution in [0.1, 0.15) is 34.8 Å². The van der Waals surface area contributed by atoms with Gasteiger partial charge in [0.15, 0.2) is 6.29 Å². The lowest BCUT2D eigenvalue weighted by Gasteiger charge is -2.10. The van der Waals surface area contributed by atoms with E-state index >= 15 is 0 Å². The molecule has 0 aliphatic heterocycles. The zero-order valence-corrected chi connectivity index (χ0v) is 12.9. The number of ether oxygens (including phenoxy) is 1. The maximum absolute atomic E-state index is 11.4. The Kier molecular flexibility index (Phi) is 4.31. The number of hydrogen-bond donors (Lipinski definition) is 1. The van der Waals surface area contributed by atoms with Crippen molar-refractivity contribution in [2.24, 2.45) is 0 Å². The fourth-order valence-electron chi connectivity index (χ4n) is 2.33. The average molecular weight is 287 g/mol. The van der Waals surface area contributed by atoms with Gasteiger partial charge in [-0.05, 0) is 43.5 Å². The van der Waals surface area contributed by atoms with Crippen molar-refractivity contribution >= 4 is 12.1 Å². The first-order valence-corrected chi connectivity index (χ1v) is 7.00. The maximum Gasteiger partial charge on any atom is 0.156 e. The molecule has 112 valence electrons. The number of nitrogens with two attached hydrogens (primary N) is 1. The number of aromatic nitrogens is 2. The topological polar surface area (TPSA) is 70.1 Å². The van der Waals surface area contributed by atoms with Crippen molar-refractivity contribution in [2.75, 3.05) is 12.8 Å². The minimum Gasteiger partial charge on any atom is -0.496 e. The van der Waals surface area contributed by atoms with Gasteiger partial charge in [0, 0.05) is 12.1 Å². The molecule has 0 amide bonds. The van der Waals surface area contributed by atoms with Gasteiger partial charge < -0.3 is 10.5 Å². The molecule has 1 aromatic carbocycles. The van der Waals surface area contributed by atoms with Crippen molar-refractivity contribution in [3.8, 4) is 17.0 Å². The molecule has 21 heavy (non-hydrogen) atoms. The van der Waals surface area contributed by atoms with E-state index < -0.39 is 0 Å². The van der Waals surface area contributed by atoms with Crippen LogP contribution in [0.15, 0.2) is 12.1 Å². The quantitative estimate of drug-likeness (QED) is 0.858. The monoisotopic (exact) mass is 287 g/mol. The average Bonchev–Trinajstić information content (AvgIpc) is 2.78. The molecule has 5 heteroatoms. The fraction of sp³-hybridized carbons (Fsp3) is 0.375. The van der Waals surface area contributed by atoms with Crippen LogP contribution in [0.4, 0.5) is 5.82 Å². The van der Waals surface area contributed by atoms with Gasteiger partial charge in [-0.2, -0.15) is 5.10 Å². The summed E-state index contributed by atoms with van der Waals surface area (Å²) in [4.78, 5) is 11.4. The van der Waals surface area contributed by atoms with Crippen molar-refractivity contribution in [3.05, 3.63) is 28.8 Å². The SMILES string of the molecule is CCCn1nc(-c2cc(C)c(C)cc2OC)c(C=O)c1N. The van der Waals surface area contributed by atoms with Crippen LogP contribution in [-0.2, 0) is 6.54 Å². The lowest BCUT2D eigenvalue weighted by atomic mass is 10.0. The molecule has 0 atom stereocenters. The number of benzene rings is 1. The summed E-state index contributed by atoms with van der Waals surface area (Å²) in [6.07, 6.45) is 1.66. The van der Waals surface area contributed by atoms with Crippen molar-refractivity contribution in [1.82, 2.24) is 9.78 Å². The molecular formula is C16H21N3O2. The van der Waals surface area contributed by atoms with E-state index in [2.05, 4.69) is 5.10 Å². The van der Waals surface area contributed by atoms with Gasteiger partial charge in [0.05, 0.1) is 12.7 Å². The Morgan fingerprint density at radius 2 is 2.00 bits per heavy atom. The highest BCUT2D eigenvalue weighted by Crippen LogP contribution is 2.35. The van der Waals surface area contributed by atoms with Crippen LogP contribution in [0, 0.1) is 13.8 Å². The van der Waals surface area contributed by atoms with E-state index in [1.54, 1.807) is 11.8 Å². The van der Waals surface area contributed by atoms with E-state index in [1.807, 2.05) is 32.9 Å². The highest BCUT2D eigenvalue weighted by Gasteiger charge is 2.20. The molecule has 0 aliphatic rings. The van der Waals surface area contributed by atoms with Crippen molar-refractivity contribution in [3.63, 3.8) is 0 Å². The number of aldehydes is 1. The first kappa shape index (κ1) is 15.1. The number of carbonyl (C=O) groups is 1. The molecule has 2 aromatic rings. The molecule has 1 aromatic heterocycles. The van der Waals surface area contributed by atoms with E-state index in [9.17, 15) is 4.79 Å². The third kappa shape index (κ3) is 2.63. The first-order valence-electron chi connectivity index (χ1n) is 7.00. The van der Waals surface area contributed by atoms with Crippen LogP contribution in [0.2, 0.25) is 0 Å². The second-order valence-electron chi connectivity index (χ2n) is 5.13. The molecule has 0 spiro atoms. The van der Waals surface area contributed by atoms with Crippen LogP contribution < -0.4 is 10.5 Å². The molecule has 2 rings (SSSR count). The summed E-state index contributed by atoms with van der Waals surface area (Å²) in [6.45, 7) is 6.76. The molecule has 0 radical (unpaired) electrons. The number of aryl methyl sites for hydroxylation is 3. The second-order valence-corrected chi connectivity index (χ2v) is 5.13. The number of rotatable bonds is 5. The van der Waals surface area contributed by atoms with Gasteiger partial charge >= 0.3 is 0 Å². The number of nitrogens with zero attached hydrogens (tertiary/aromatic N) is 2. The fourth-order valence-corrected chi connectivity index (χ4v) is 2.33. The lowest BCUT2D eigenvalue weighted by Crippen LogP contribution is -2.04. The molecular weight excluding hydrogens is 266 g/mol. The van der Waals surface area contributed by atoms with Crippen molar-refractivity contribution in [2.45, 2.75) is 33.7 Å². The Bertz CT molecular complexity index is 675. The van der Waals surface area contributed by atoms with Crippen LogP contribution in [0.25, 0.3) is 11.3 Å². The Morgan fingerprint density at radius 1 is 1.33 bits per heavy atom. The summed E-state index contributed by atoms with van der Waals surface area (Å²) in [7, 11) is 1.61. The van der Waals surface area contributed by atoms with Crippen molar-refractivity contribution in [1.29, 1.82) is 0 Å². The van der Waals surface area contributed by atoms with Gasteiger partial charge in [0.2, 0.25) is 0 Å². The summed E-state index contributed by atoms with van der Waals surface area (Å²) >= 11 is 0. The van der Waals surface area contributed by atoms with Gasteiger partial charge in [-0.3, -0.25) is 4.79 Å². The van der Waals surface area contributed by atoms with Crippen molar-refractivity contribution < 1.29 is 9.53 Å². The van der Waals surface area contributed by atoms with Crippen LogP contribution in [0.5, 0.6) is 5.75 Å². The minimum absolute atomic E-state index is 0.405. The van der Waals surface area contributed by atoms with Gasteiger partial charge in [-0.1, -0.05) is 6.92 Å². The lowest BCUT2D eigenvalue weighted by molar-refractivity contribution is 0.112. The smallest absolute Gasteiger partial charge is 0.156 e. The summed E-state index contributed by atoms with van der Waals surface area (Å²) in [6, 6.07) is 3.94. The third-order valence-corrected chi connectivity index (χ3v) is 3.65. The Labute approximate surface area is 124 Å². The Morgan fingerprint density at radius 3 is 2.57 bits per heavy atom. The van der Waals surface area contributed by atoms with E-state index in [0.717, 1.165) is 29.4 Å². The molecule has 0 aliphatic carbocycles. The molecule has 0 saturated carbocycles. The predicted molar refractivity (Wildman–Crippen MR) is 83.8 cm³/mol. The minimum atomic E-state index is 0.405. The first-order chi connectivity index (χ1) is 10.0. The second kappa shape index (κ2) is 5.99. The number of carbonyl (C=O) groups excluding carboxylic acids is 1. The largest absolute Gasteiger partial charge is 0.496 e. The number of hydrogen-bond acceptors (Lipinski definition) is 4. The standard InChI is InChI=1S/C16H21N3O2/c1-5-6-19-16(17)13(9-20)15(18-19)12-7-10(2)11(3)8-14(12)21-4/h7-9H,5-6,17H2,1-4H3. The summed E-state index contributed by atoms with van der Waals surface area (Å²) in [5, 5.41) is 4.50. The molecule has 5 nitrogen and oxygen atoms in total. The van der Waals surface area contributed by atoms with Gasteiger partial charge in [-0.15, -0.1) is 0 Å². The molecule has 0 bridgehead atoms. The predicted octanol–water partition coefficient (Wildman–Crippen LogP) is 2.98. The summed E-state index contributed by atoms with van der Waals surface area (Å²) in [5.74, 6) is 1.10. The molecule has 0 saturated heterocycles. The van der Waals surface area contributed by atoms with Crippen LogP contribution >= 0.6 is 0 Å². The van der Waals surface area contributed by atoms with E-state index in [1.165, 1.54) is 0 Å². The maximum atomic E-state index is 11.4. The highest BCUT2D eigenvalue weighted by atomic mass is 16.5. The third-order valence-electron chi connectivity index (χ3n) is 3.65. The van der Waals surface area contributed by atoms with Crippen LogP contribution in [0.3, 0.4) is 0 Å². The molecule has 0 fully saturated rings. The van der Waals surface area contributed by atoms with Gasteiger partial charge in [0.25, 0.3) is 0 Å². The zero-order chi connectivity index (χ0) is 15.6. The van der Waals surface area contributed by atoms with Gasteiger partial charge in [0.1, 0.15) is 17.3 Å². The summed E-state index contributed by atoms with van der Waals surface area (Å²) in [5.41, 5.74) is 10.1. The number of nitrogen functional groups attached to an aromatic ring is 1.